The van der Waals surface area contributed by atoms with Gasteiger partial charge in [0, 0.05) is 0 Å². The first kappa shape index (κ1) is 32.1. The number of benzene rings is 2. The number of carbonyl (C=O) groups is 1. The van der Waals surface area contributed by atoms with Gasteiger partial charge in [0.25, 0.3) is 8.32 Å². The Bertz CT molecular complexity index is 963. The maximum absolute atomic E-state index is 12.2. The van der Waals surface area contributed by atoms with Crippen molar-refractivity contribution in [2.45, 2.75) is 122 Å². The summed E-state index contributed by atoms with van der Waals surface area (Å²) < 4.78 is 12.7. The summed E-state index contributed by atoms with van der Waals surface area (Å²) in [6.45, 7) is 9.50. The molecule has 1 fully saturated rings. The Morgan fingerprint density at radius 2 is 1.30 bits per heavy atom. The molecule has 1 amide bonds. The Hall–Kier alpha value is -2.37. The normalized spacial score (nSPS) is 17.8. The standard InChI is InChI=1S/C35H53NO3Si/c1-5-6-7-8-9-10-11-12-13-14-15-16-23-28-33-32(36-34(37)39-33)29-38-40(35(2,3)4,30-24-19-17-20-25-30)31-26-21-18-22-27-31/h17-28,32-33H,5-16,29H2,1-4H3,(H,36,37)/t32-,33+/m0/s1. The number of rotatable bonds is 18. The minimum atomic E-state index is -2.67. The predicted molar refractivity (Wildman–Crippen MR) is 171 cm³/mol. The second-order valence-corrected chi connectivity index (χ2v) is 16.7. The molecular weight excluding hydrogens is 510 g/mol. The maximum atomic E-state index is 12.2. The van der Waals surface area contributed by atoms with E-state index in [1.165, 1.54) is 81.0 Å². The van der Waals surface area contributed by atoms with Crippen LogP contribution in [0.2, 0.25) is 5.04 Å². The van der Waals surface area contributed by atoms with Crippen molar-refractivity contribution >= 4 is 24.8 Å². The number of ether oxygens (including phenoxy) is 1. The number of amides is 1. The van der Waals surface area contributed by atoms with Crippen LogP contribution in [0.15, 0.2) is 72.8 Å². The van der Waals surface area contributed by atoms with Crippen molar-refractivity contribution in [2.24, 2.45) is 0 Å². The highest BCUT2D eigenvalue weighted by Gasteiger charge is 2.51. The Morgan fingerprint density at radius 1 is 0.800 bits per heavy atom. The second kappa shape index (κ2) is 16.8. The average Bonchev–Trinajstić information content (AvgIpc) is 3.31. The van der Waals surface area contributed by atoms with Crippen molar-refractivity contribution in [2.75, 3.05) is 6.61 Å². The van der Waals surface area contributed by atoms with E-state index in [0.29, 0.717) is 6.61 Å². The molecule has 3 rings (SSSR count). The third-order valence-corrected chi connectivity index (χ3v) is 13.1. The molecule has 2 aromatic carbocycles. The zero-order valence-electron chi connectivity index (χ0n) is 25.5. The van der Waals surface area contributed by atoms with Crippen LogP contribution in [0.25, 0.3) is 0 Å². The largest absolute Gasteiger partial charge is 0.440 e. The van der Waals surface area contributed by atoms with Crippen LogP contribution in [0, 0.1) is 0 Å². The molecule has 0 aliphatic carbocycles. The van der Waals surface area contributed by atoms with Crippen LogP contribution < -0.4 is 15.7 Å². The van der Waals surface area contributed by atoms with Gasteiger partial charge in [0.05, 0.1) is 12.6 Å². The van der Waals surface area contributed by atoms with Crippen LogP contribution in [-0.4, -0.2) is 33.2 Å². The number of hydrogen-bond acceptors (Lipinski definition) is 3. The molecule has 1 heterocycles. The Kier molecular flexibility index (Phi) is 13.5. The van der Waals surface area contributed by atoms with Gasteiger partial charge < -0.3 is 14.5 Å². The SMILES string of the molecule is CCCCCCCCCCCCCC=C[C@H]1OC(=O)N[C@H]1CO[Si](c1ccccc1)(c1ccccc1)C(C)(C)C. The molecule has 5 heteroatoms. The molecule has 1 saturated heterocycles. The van der Waals surface area contributed by atoms with Gasteiger partial charge in [-0.05, 0) is 34.3 Å². The molecule has 40 heavy (non-hydrogen) atoms. The summed E-state index contributed by atoms with van der Waals surface area (Å²) in [5, 5.41) is 5.38. The summed E-state index contributed by atoms with van der Waals surface area (Å²) in [5.74, 6) is 0. The Labute approximate surface area is 245 Å². The molecular formula is C35H53NO3Si. The van der Waals surface area contributed by atoms with Crippen molar-refractivity contribution in [3.05, 3.63) is 72.8 Å². The van der Waals surface area contributed by atoms with E-state index in [2.05, 4.69) is 106 Å². The van der Waals surface area contributed by atoms with E-state index in [1.807, 2.05) is 0 Å². The van der Waals surface area contributed by atoms with Gasteiger partial charge in [0.15, 0.2) is 0 Å². The smallest absolute Gasteiger partial charge is 0.408 e. The number of carbonyl (C=O) groups excluding carboxylic acids is 1. The molecule has 0 unspecified atom stereocenters. The van der Waals surface area contributed by atoms with Crippen LogP contribution in [0.1, 0.15) is 105 Å². The van der Waals surface area contributed by atoms with Gasteiger partial charge in [0.2, 0.25) is 0 Å². The van der Waals surface area contributed by atoms with E-state index in [-0.39, 0.29) is 23.3 Å². The van der Waals surface area contributed by atoms with E-state index in [9.17, 15) is 4.79 Å². The zero-order chi connectivity index (χ0) is 28.7. The van der Waals surface area contributed by atoms with Crippen LogP contribution in [-0.2, 0) is 9.16 Å². The molecule has 2 aromatic rings. The molecule has 1 aliphatic rings. The maximum Gasteiger partial charge on any atom is 0.408 e. The minimum absolute atomic E-state index is 0.112. The zero-order valence-corrected chi connectivity index (χ0v) is 26.5. The van der Waals surface area contributed by atoms with E-state index >= 15 is 0 Å². The van der Waals surface area contributed by atoms with Crippen molar-refractivity contribution in [1.82, 2.24) is 5.32 Å². The average molecular weight is 564 g/mol. The summed E-state index contributed by atoms with van der Waals surface area (Å²) in [7, 11) is -2.67. The molecule has 0 saturated carbocycles. The van der Waals surface area contributed by atoms with Crippen molar-refractivity contribution < 1.29 is 14.0 Å². The van der Waals surface area contributed by atoms with Crippen molar-refractivity contribution in [3.8, 4) is 0 Å². The minimum Gasteiger partial charge on any atom is -0.440 e. The van der Waals surface area contributed by atoms with Gasteiger partial charge in [-0.1, -0.05) is 159 Å². The Balaban J connectivity index is 1.53. The van der Waals surface area contributed by atoms with Gasteiger partial charge in [-0.3, -0.25) is 0 Å². The molecule has 1 N–H and O–H groups in total. The van der Waals surface area contributed by atoms with Gasteiger partial charge >= 0.3 is 6.09 Å². The third kappa shape index (κ3) is 9.34. The monoisotopic (exact) mass is 563 g/mol. The summed E-state index contributed by atoms with van der Waals surface area (Å²) in [6, 6.07) is 21.0. The number of allylic oxidation sites excluding steroid dienone is 1. The third-order valence-electron chi connectivity index (χ3n) is 8.14. The molecule has 2 atom stereocenters. The highest BCUT2D eigenvalue weighted by molar-refractivity contribution is 6.99. The Morgan fingerprint density at radius 3 is 1.80 bits per heavy atom. The lowest BCUT2D eigenvalue weighted by Crippen LogP contribution is -2.67. The lowest BCUT2D eigenvalue weighted by atomic mass is 10.0. The molecule has 0 bridgehead atoms. The number of hydrogen-bond donors (Lipinski definition) is 1. The van der Waals surface area contributed by atoms with Gasteiger partial charge in [-0.15, -0.1) is 0 Å². The number of cyclic esters (lactones) is 1. The van der Waals surface area contributed by atoms with Gasteiger partial charge in [-0.25, -0.2) is 4.79 Å². The van der Waals surface area contributed by atoms with E-state index in [0.717, 1.165) is 6.42 Å². The first-order chi connectivity index (χ1) is 19.4. The fourth-order valence-corrected chi connectivity index (χ4v) is 10.5. The van der Waals surface area contributed by atoms with Crippen LogP contribution in [0.5, 0.6) is 0 Å². The summed E-state index contributed by atoms with van der Waals surface area (Å²) in [6.07, 6.45) is 19.4. The number of nitrogens with one attached hydrogen (secondary N) is 1. The quantitative estimate of drug-likeness (QED) is 0.113. The lowest BCUT2D eigenvalue weighted by Gasteiger charge is -2.43. The molecule has 0 radical (unpaired) electrons. The van der Waals surface area contributed by atoms with Crippen molar-refractivity contribution in [1.29, 1.82) is 0 Å². The van der Waals surface area contributed by atoms with Crippen LogP contribution in [0.4, 0.5) is 4.79 Å². The summed E-state index contributed by atoms with van der Waals surface area (Å²) >= 11 is 0. The van der Waals surface area contributed by atoms with Crippen LogP contribution in [0.3, 0.4) is 0 Å². The first-order valence-corrected chi connectivity index (χ1v) is 17.7. The van der Waals surface area contributed by atoms with E-state index in [1.54, 1.807) is 0 Å². The second-order valence-electron chi connectivity index (χ2n) is 12.3. The molecule has 220 valence electrons. The number of alkyl carbamates (subject to hydrolysis) is 1. The summed E-state index contributed by atoms with van der Waals surface area (Å²) in [5.41, 5.74) is 0. The first-order valence-electron chi connectivity index (χ1n) is 15.8. The summed E-state index contributed by atoms with van der Waals surface area (Å²) in [4.78, 5) is 12.2. The van der Waals surface area contributed by atoms with Crippen LogP contribution >= 0.6 is 0 Å². The van der Waals surface area contributed by atoms with Gasteiger partial charge in [0.1, 0.15) is 6.10 Å². The van der Waals surface area contributed by atoms with Gasteiger partial charge in [-0.2, -0.15) is 0 Å². The highest BCUT2D eigenvalue weighted by Crippen LogP contribution is 2.37. The molecule has 1 aliphatic heterocycles. The fourth-order valence-electron chi connectivity index (χ4n) is 5.92. The number of unbranched alkanes of at least 4 members (excludes halogenated alkanes) is 11. The topological polar surface area (TPSA) is 47.6 Å². The lowest BCUT2D eigenvalue weighted by molar-refractivity contribution is 0.145. The molecule has 0 aromatic heterocycles. The van der Waals surface area contributed by atoms with E-state index < -0.39 is 8.32 Å². The molecule has 0 spiro atoms. The van der Waals surface area contributed by atoms with Crippen molar-refractivity contribution in [3.63, 3.8) is 0 Å². The molecule has 4 nitrogen and oxygen atoms in total. The highest BCUT2D eigenvalue weighted by atomic mass is 28.4. The fraction of sp³-hybridized carbons (Fsp3) is 0.571. The predicted octanol–water partition coefficient (Wildman–Crippen LogP) is 8.30. The van der Waals surface area contributed by atoms with E-state index in [4.69, 9.17) is 9.16 Å².